The van der Waals surface area contributed by atoms with E-state index < -0.39 is 5.97 Å². The Kier molecular flexibility index (Phi) is 6.30. The number of dihydropyridines is 1. The number of benzene rings is 1. The number of hydrogen-bond donors (Lipinski definition) is 1. The number of nitrogens with zero attached hydrogens (tertiary/aromatic N) is 1. The first-order valence-electron chi connectivity index (χ1n) is 8.59. The Balaban J connectivity index is 0.00000100. The molecule has 0 saturated heterocycles. The number of hydrogen-bond acceptors (Lipinski definition) is 2. The highest BCUT2D eigenvalue weighted by molar-refractivity contribution is 6.10. The van der Waals surface area contributed by atoms with Crippen molar-refractivity contribution in [3.05, 3.63) is 70.8 Å². The Morgan fingerprint density at radius 3 is 2.50 bits per heavy atom. The summed E-state index contributed by atoms with van der Waals surface area (Å²) in [5, 5.41) is 9.43. The molecule has 1 atom stereocenters. The smallest absolute Gasteiger partial charge is 0.332 e. The highest BCUT2D eigenvalue weighted by atomic mass is 16.4. The van der Waals surface area contributed by atoms with Crippen molar-refractivity contribution in [1.29, 1.82) is 0 Å². The fourth-order valence-electron chi connectivity index (χ4n) is 2.88. The van der Waals surface area contributed by atoms with Crippen molar-refractivity contribution in [2.45, 2.75) is 46.1 Å². The molecule has 3 heteroatoms. The van der Waals surface area contributed by atoms with Gasteiger partial charge in [-0.1, -0.05) is 61.9 Å². The zero-order valence-electron chi connectivity index (χ0n) is 14.6. The van der Waals surface area contributed by atoms with Crippen LogP contribution in [0.1, 0.15) is 44.2 Å². The molecule has 0 fully saturated rings. The normalized spacial score (nSPS) is 23.8. The summed E-state index contributed by atoms with van der Waals surface area (Å²) in [5.41, 5.74) is 4.55. The lowest BCUT2D eigenvalue weighted by atomic mass is 9.89. The first-order chi connectivity index (χ1) is 11.6. The van der Waals surface area contributed by atoms with Crippen LogP contribution < -0.4 is 0 Å². The van der Waals surface area contributed by atoms with Gasteiger partial charge in [-0.05, 0) is 43.4 Å². The van der Waals surface area contributed by atoms with Crippen LogP contribution >= 0.6 is 0 Å². The number of allylic oxidation sites excluding steroid dienone is 3. The third-order valence-electron chi connectivity index (χ3n) is 4.12. The van der Waals surface area contributed by atoms with Crippen LogP contribution in [0.3, 0.4) is 0 Å². The molecular formula is C21H25NO2. The lowest BCUT2D eigenvalue weighted by molar-refractivity contribution is -0.132. The highest BCUT2D eigenvalue weighted by Crippen LogP contribution is 2.27. The molecule has 1 aromatic carbocycles. The first kappa shape index (κ1) is 17.9. The molecule has 24 heavy (non-hydrogen) atoms. The molecule has 2 aliphatic rings. The maximum Gasteiger partial charge on any atom is 0.332 e. The Hall–Kier alpha value is -2.42. The van der Waals surface area contributed by atoms with Crippen LogP contribution in [-0.2, 0) is 4.79 Å². The van der Waals surface area contributed by atoms with Gasteiger partial charge in [0.05, 0.1) is 11.8 Å². The number of aliphatic carboxylic acids is 1. The molecule has 0 bridgehead atoms. The van der Waals surface area contributed by atoms with E-state index in [0.717, 1.165) is 29.7 Å². The van der Waals surface area contributed by atoms with Crippen LogP contribution in [0.4, 0.5) is 0 Å². The van der Waals surface area contributed by atoms with E-state index in [1.165, 1.54) is 5.56 Å². The molecule has 0 aromatic heterocycles. The third kappa shape index (κ3) is 4.10. The van der Waals surface area contributed by atoms with Gasteiger partial charge in [0, 0.05) is 5.57 Å². The van der Waals surface area contributed by atoms with Gasteiger partial charge < -0.3 is 5.11 Å². The van der Waals surface area contributed by atoms with Gasteiger partial charge in [-0.3, -0.25) is 4.99 Å². The second kappa shape index (κ2) is 8.44. The van der Waals surface area contributed by atoms with Crippen LogP contribution in [0, 0.1) is 6.92 Å². The number of aliphatic imine (C=N–C) groups is 1. The van der Waals surface area contributed by atoms with Crippen molar-refractivity contribution in [1.82, 2.24) is 0 Å². The molecule has 1 N–H and O–H groups in total. The SMILES string of the molecule is CC.Cc1ccc(C2=NC3CC/C=C\C/C(C(=O)O)=C\3C=C2)cc1. The molecule has 0 spiro atoms. The van der Waals surface area contributed by atoms with Crippen molar-refractivity contribution in [3.63, 3.8) is 0 Å². The molecule has 3 nitrogen and oxygen atoms in total. The molecule has 0 saturated carbocycles. The predicted octanol–water partition coefficient (Wildman–Crippen LogP) is 4.87. The molecule has 1 heterocycles. The van der Waals surface area contributed by atoms with Crippen LogP contribution in [0.25, 0.3) is 0 Å². The maximum absolute atomic E-state index is 11.5. The van der Waals surface area contributed by atoms with Gasteiger partial charge >= 0.3 is 5.97 Å². The largest absolute Gasteiger partial charge is 0.478 e. The third-order valence-corrected chi connectivity index (χ3v) is 4.12. The number of carbonyl (C=O) groups is 1. The second-order valence-electron chi connectivity index (χ2n) is 5.72. The van der Waals surface area contributed by atoms with Gasteiger partial charge in [0.1, 0.15) is 0 Å². The maximum atomic E-state index is 11.5. The lowest BCUT2D eigenvalue weighted by Crippen LogP contribution is -2.20. The van der Waals surface area contributed by atoms with E-state index in [-0.39, 0.29) is 6.04 Å². The van der Waals surface area contributed by atoms with Gasteiger partial charge in [-0.2, -0.15) is 0 Å². The average molecular weight is 323 g/mol. The van der Waals surface area contributed by atoms with Gasteiger partial charge in [0.15, 0.2) is 0 Å². The molecule has 1 unspecified atom stereocenters. The van der Waals surface area contributed by atoms with Crippen molar-refractivity contribution >= 4 is 11.7 Å². The standard InChI is InChI=1S/C19H19NO2.C2H6/c1-13-7-9-14(10-8-13)17-12-11-15-16(19(21)22)5-3-2-4-6-18(15)20-17;1-2/h2-3,7-12,18H,4-6H2,1H3,(H,21,22);1-2H3/b3-2-,16-15+;. The number of fused-ring (bicyclic) bond motifs is 1. The summed E-state index contributed by atoms with van der Waals surface area (Å²) in [6, 6.07) is 8.21. The van der Waals surface area contributed by atoms with E-state index in [1.54, 1.807) is 0 Å². The summed E-state index contributed by atoms with van der Waals surface area (Å²) >= 11 is 0. The Morgan fingerprint density at radius 1 is 1.12 bits per heavy atom. The van der Waals surface area contributed by atoms with Crippen LogP contribution in [0.15, 0.2) is 64.7 Å². The zero-order chi connectivity index (χ0) is 17.5. The summed E-state index contributed by atoms with van der Waals surface area (Å²) in [5.74, 6) is -0.842. The molecular weight excluding hydrogens is 298 g/mol. The minimum atomic E-state index is -0.842. The average Bonchev–Trinajstić information content (AvgIpc) is 2.58. The van der Waals surface area contributed by atoms with E-state index >= 15 is 0 Å². The monoisotopic (exact) mass is 323 g/mol. The van der Waals surface area contributed by atoms with Crippen molar-refractivity contribution in [3.8, 4) is 0 Å². The predicted molar refractivity (Wildman–Crippen MR) is 99.6 cm³/mol. The van der Waals surface area contributed by atoms with E-state index in [0.29, 0.717) is 12.0 Å². The van der Waals surface area contributed by atoms with Gasteiger partial charge in [0.25, 0.3) is 0 Å². The van der Waals surface area contributed by atoms with Gasteiger partial charge in [0.2, 0.25) is 0 Å². The molecule has 126 valence electrons. The number of carboxylic acid groups (broad SMARTS) is 1. The summed E-state index contributed by atoms with van der Waals surface area (Å²) in [6.07, 6.45) is 10.1. The molecule has 1 aromatic rings. The fourth-order valence-corrected chi connectivity index (χ4v) is 2.88. The topological polar surface area (TPSA) is 49.7 Å². The van der Waals surface area contributed by atoms with Gasteiger partial charge in [-0.15, -0.1) is 0 Å². The van der Waals surface area contributed by atoms with Crippen LogP contribution in [0.5, 0.6) is 0 Å². The lowest BCUT2D eigenvalue weighted by Gasteiger charge is -2.22. The van der Waals surface area contributed by atoms with Crippen LogP contribution in [0.2, 0.25) is 0 Å². The Labute approximate surface area is 144 Å². The summed E-state index contributed by atoms with van der Waals surface area (Å²) in [6.45, 7) is 6.06. The quantitative estimate of drug-likeness (QED) is 0.789. The molecule has 0 amide bonds. The van der Waals surface area contributed by atoms with Crippen LogP contribution in [-0.4, -0.2) is 22.8 Å². The molecule has 1 aliphatic heterocycles. The highest BCUT2D eigenvalue weighted by Gasteiger charge is 2.23. The fraction of sp³-hybridized carbons (Fsp3) is 0.333. The number of carboxylic acids is 1. The van der Waals surface area contributed by atoms with E-state index in [1.807, 2.05) is 32.1 Å². The summed E-state index contributed by atoms with van der Waals surface area (Å²) in [7, 11) is 0. The molecule has 0 radical (unpaired) electrons. The minimum Gasteiger partial charge on any atom is -0.478 e. The second-order valence-corrected chi connectivity index (χ2v) is 5.72. The van der Waals surface area contributed by atoms with Crippen molar-refractivity contribution in [2.75, 3.05) is 0 Å². The van der Waals surface area contributed by atoms with Crippen molar-refractivity contribution < 1.29 is 9.90 Å². The van der Waals surface area contributed by atoms with E-state index in [2.05, 4.69) is 37.3 Å². The Morgan fingerprint density at radius 2 is 1.83 bits per heavy atom. The van der Waals surface area contributed by atoms with E-state index in [4.69, 9.17) is 4.99 Å². The minimum absolute atomic E-state index is 0.0580. The first-order valence-corrected chi connectivity index (χ1v) is 8.59. The molecule has 3 rings (SSSR count). The number of aryl methyl sites for hydroxylation is 1. The number of rotatable bonds is 2. The van der Waals surface area contributed by atoms with E-state index in [9.17, 15) is 9.90 Å². The molecule has 1 aliphatic carbocycles. The summed E-state index contributed by atoms with van der Waals surface area (Å²) < 4.78 is 0. The summed E-state index contributed by atoms with van der Waals surface area (Å²) in [4.78, 5) is 16.3. The van der Waals surface area contributed by atoms with Crippen molar-refractivity contribution in [2.24, 2.45) is 4.99 Å². The zero-order valence-corrected chi connectivity index (χ0v) is 14.6. The Bertz CT molecular complexity index is 706. The van der Waals surface area contributed by atoms with Gasteiger partial charge in [-0.25, -0.2) is 4.79 Å².